The van der Waals surface area contributed by atoms with Crippen LogP contribution in [-0.4, -0.2) is 17.5 Å². The Balaban J connectivity index is 2.55. The molecule has 0 saturated heterocycles. The minimum Gasteiger partial charge on any atom is -0.350 e. The van der Waals surface area contributed by atoms with E-state index < -0.39 is 0 Å². The average Bonchev–Trinajstić information content (AvgIpc) is 2.49. The molecular formula is C18H26ClN3O. The van der Waals surface area contributed by atoms with Crippen molar-refractivity contribution in [3.05, 3.63) is 34.9 Å². The van der Waals surface area contributed by atoms with Gasteiger partial charge in [0.1, 0.15) is 6.04 Å². The van der Waals surface area contributed by atoms with Gasteiger partial charge in [-0.05, 0) is 51.0 Å². The molecule has 5 heteroatoms. The first kappa shape index (κ1) is 17.8. The van der Waals surface area contributed by atoms with Crippen molar-refractivity contribution in [1.29, 1.82) is 0 Å². The highest BCUT2D eigenvalue weighted by Crippen LogP contribution is 2.41. The maximum atomic E-state index is 12.4. The highest BCUT2D eigenvalue weighted by Gasteiger charge is 2.38. The van der Waals surface area contributed by atoms with Crippen LogP contribution in [0.25, 0.3) is 5.57 Å². The zero-order chi connectivity index (χ0) is 17.2. The van der Waals surface area contributed by atoms with Gasteiger partial charge in [-0.15, -0.1) is 0 Å². The normalized spacial score (nSPS) is 17.3. The Kier molecular flexibility index (Phi) is 5.37. The van der Waals surface area contributed by atoms with Crippen LogP contribution in [0.1, 0.15) is 52.5 Å². The van der Waals surface area contributed by atoms with E-state index in [0.717, 1.165) is 30.5 Å². The molecule has 3 N–H and O–H groups in total. The number of carbonyl (C=O) groups excluding carboxylic acids is 1. The molecule has 1 aromatic carbocycles. The average molecular weight is 336 g/mol. The van der Waals surface area contributed by atoms with Gasteiger partial charge in [-0.25, -0.2) is 5.84 Å². The molecule has 1 aliphatic rings. The van der Waals surface area contributed by atoms with E-state index in [1.165, 1.54) is 5.57 Å². The van der Waals surface area contributed by atoms with Gasteiger partial charge in [-0.2, -0.15) is 0 Å². The first-order chi connectivity index (χ1) is 10.8. The highest BCUT2D eigenvalue weighted by atomic mass is 35.5. The van der Waals surface area contributed by atoms with Gasteiger partial charge < -0.3 is 4.90 Å². The summed E-state index contributed by atoms with van der Waals surface area (Å²) in [6.45, 7) is 8.45. The lowest BCUT2D eigenvalue weighted by Gasteiger charge is -2.47. The number of halogens is 1. The Morgan fingerprint density at radius 2 is 2.13 bits per heavy atom. The van der Waals surface area contributed by atoms with Crippen molar-refractivity contribution in [2.24, 2.45) is 5.84 Å². The van der Waals surface area contributed by atoms with Gasteiger partial charge in [0.15, 0.2) is 0 Å². The number of fused-ring (bicyclic) bond motifs is 1. The van der Waals surface area contributed by atoms with Crippen LogP contribution in [0.5, 0.6) is 0 Å². The third kappa shape index (κ3) is 3.54. The molecule has 0 bridgehead atoms. The summed E-state index contributed by atoms with van der Waals surface area (Å²) in [5, 5.41) is 0.699. The van der Waals surface area contributed by atoms with Crippen molar-refractivity contribution < 1.29 is 4.79 Å². The van der Waals surface area contributed by atoms with Crippen LogP contribution < -0.4 is 16.2 Å². The number of rotatable bonds is 5. The Morgan fingerprint density at radius 1 is 1.43 bits per heavy atom. The SMILES string of the molecule is CCCC[C@H](C(=O)NN)N1c2ccc(Cl)cc2C(C)=CC1(C)C. The molecule has 0 fully saturated rings. The lowest BCUT2D eigenvalue weighted by Crippen LogP contribution is -2.57. The molecule has 2 rings (SSSR count). The second kappa shape index (κ2) is 6.93. The van der Waals surface area contributed by atoms with Gasteiger partial charge in [0, 0.05) is 16.3 Å². The Morgan fingerprint density at radius 3 is 2.74 bits per heavy atom. The molecule has 4 nitrogen and oxygen atoms in total. The van der Waals surface area contributed by atoms with E-state index >= 15 is 0 Å². The number of benzene rings is 1. The van der Waals surface area contributed by atoms with Gasteiger partial charge >= 0.3 is 0 Å². The smallest absolute Gasteiger partial charge is 0.256 e. The van der Waals surface area contributed by atoms with Crippen LogP contribution >= 0.6 is 11.6 Å². The summed E-state index contributed by atoms with van der Waals surface area (Å²) in [6, 6.07) is 5.53. The van der Waals surface area contributed by atoms with E-state index in [9.17, 15) is 4.79 Å². The molecule has 1 heterocycles. The number of hydrazine groups is 1. The number of nitrogens with zero attached hydrogens (tertiary/aromatic N) is 1. The standard InChI is InChI=1S/C18H26ClN3O/c1-5-6-7-16(17(23)21-20)22-15-9-8-13(19)10-14(15)12(2)11-18(22,3)4/h8-11,16H,5-7,20H2,1-4H3,(H,21,23)/t16-/m1/s1. The van der Waals surface area contributed by atoms with E-state index in [2.05, 4.69) is 44.1 Å². The van der Waals surface area contributed by atoms with Crippen molar-refractivity contribution in [1.82, 2.24) is 5.43 Å². The second-order valence-corrected chi connectivity index (χ2v) is 7.12. The van der Waals surface area contributed by atoms with Crippen LogP contribution in [-0.2, 0) is 4.79 Å². The highest BCUT2D eigenvalue weighted by molar-refractivity contribution is 6.30. The lowest BCUT2D eigenvalue weighted by molar-refractivity contribution is -0.122. The van der Waals surface area contributed by atoms with E-state index in [0.29, 0.717) is 5.02 Å². The molecular weight excluding hydrogens is 310 g/mol. The third-order valence-electron chi connectivity index (χ3n) is 4.42. The first-order valence-electron chi connectivity index (χ1n) is 8.11. The molecule has 0 spiro atoms. The summed E-state index contributed by atoms with van der Waals surface area (Å²) >= 11 is 6.17. The summed E-state index contributed by atoms with van der Waals surface area (Å²) in [6.07, 6.45) is 4.95. The minimum atomic E-state index is -0.306. The van der Waals surface area contributed by atoms with Gasteiger partial charge in [-0.1, -0.05) is 37.4 Å². The van der Waals surface area contributed by atoms with Crippen molar-refractivity contribution in [2.45, 2.75) is 58.5 Å². The molecule has 0 radical (unpaired) electrons. The molecule has 0 unspecified atom stereocenters. The van der Waals surface area contributed by atoms with Crippen LogP contribution in [0.3, 0.4) is 0 Å². The van der Waals surface area contributed by atoms with Crippen molar-refractivity contribution in [3.63, 3.8) is 0 Å². The van der Waals surface area contributed by atoms with Crippen LogP contribution in [0.15, 0.2) is 24.3 Å². The topological polar surface area (TPSA) is 58.4 Å². The largest absolute Gasteiger partial charge is 0.350 e. The molecule has 23 heavy (non-hydrogen) atoms. The van der Waals surface area contributed by atoms with Crippen molar-refractivity contribution in [2.75, 3.05) is 4.90 Å². The van der Waals surface area contributed by atoms with Crippen LogP contribution in [0, 0.1) is 0 Å². The predicted molar refractivity (Wildman–Crippen MR) is 97.3 cm³/mol. The Labute approximate surface area is 143 Å². The van der Waals surface area contributed by atoms with Gasteiger partial charge in [-0.3, -0.25) is 10.2 Å². The van der Waals surface area contributed by atoms with Crippen molar-refractivity contribution >= 4 is 28.8 Å². The summed E-state index contributed by atoms with van der Waals surface area (Å²) in [5.74, 6) is 5.30. The number of nitrogens with two attached hydrogens (primary N) is 1. The van der Waals surface area contributed by atoms with Gasteiger partial charge in [0.05, 0.1) is 5.54 Å². The number of nitrogens with one attached hydrogen (secondary N) is 1. The molecule has 1 atom stereocenters. The number of hydrogen-bond donors (Lipinski definition) is 2. The summed E-state index contributed by atoms with van der Waals surface area (Å²) < 4.78 is 0. The second-order valence-electron chi connectivity index (χ2n) is 6.68. The third-order valence-corrected chi connectivity index (χ3v) is 4.66. The Bertz CT molecular complexity index is 625. The fourth-order valence-electron chi connectivity index (χ4n) is 3.46. The fourth-order valence-corrected chi connectivity index (χ4v) is 3.63. The van der Waals surface area contributed by atoms with E-state index in [1.54, 1.807) is 0 Å². The van der Waals surface area contributed by atoms with E-state index in [-0.39, 0.29) is 17.5 Å². The summed E-state index contributed by atoms with van der Waals surface area (Å²) in [4.78, 5) is 14.6. The van der Waals surface area contributed by atoms with Crippen LogP contribution in [0.2, 0.25) is 5.02 Å². The number of allylic oxidation sites excluding steroid dienone is 1. The lowest BCUT2D eigenvalue weighted by atomic mass is 9.86. The molecule has 0 aliphatic carbocycles. The van der Waals surface area contributed by atoms with E-state index in [4.69, 9.17) is 17.4 Å². The fraction of sp³-hybridized carbons (Fsp3) is 0.500. The number of amides is 1. The molecule has 1 aromatic rings. The molecule has 1 aliphatic heterocycles. The molecule has 126 valence electrons. The maximum Gasteiger partial charge on any atom is 0.256 e. The number of carbonyl (C=O) groups is 1. The zero-order valence-corrected chi connectivity index (χ0v) is 15.1. The summed E-state index contributed by atoms with van der Waals surface area (Å²) in [5.41, 5.74) is 5.33. The van der Waals surface area contributed by atoms with Gasteiger partial charge in [0.25, 0.3) is 5.91 Å². The van der Waals surface area contributed by atoms with Crippen molar-refractivity contribution in [3.8, 4) is 0 Å². The van der Waals surface area contributed by atoms with Crippen LogP contribution in [0.4, 0.5) is 5.69 Å². The number of unbranched alkanes of at least 4 members (excludes halogenated alkanes) is 1. The first-order valence-corrected chi connectivity index (χ1v) is 8.48. The predicted octanol–water partition coefficient (Wildman–Crippen LogP) is 3.89. The maximum absolute atomic E-state index is 12.4. The Hall–Kier alpha value is -1.52. The number of hydrogen-bond acceptors (Lipinski definition) is 3. The zero-order valence-electron chi connectivity index (χ0n) is 14.3. The van der Waals surface area contributed by atoms with E-state index in [1.807, 2.05) is 18.2 Å². The quantitative estimate of drug-likeness (QED) is 0.487. The molecule has 0 saturated carbocycles. The molecule has 1 amide bonds. The monoisotopic (exact) mass is 335 g/mol. The minimum absolute atomic E-state index is 0.152. The summed E-state index contributed by atoms with van der Waals surface area (Å²) in [7, 11) is 0. The number of anilines is 1. The van der Waals surface area contributed by atoms with Gasteiger partial charge in [0.2, 0.25) is 0 Å². The molecule has 0 aromatic heterocycles.